The second kappa shape index (κ2) is 7.13. The van der Waals surface area contributed by atoms with E-state index >= 15 is 0 Å². The summed E-state index contributed by atoms with van der Waals surface area (Å²) in [7, 11) is 1.74. The van der Waals surface area contributed by atoms with Crippen molar-refractivity contribution >= 4 is 0 Å². The predicted molar refractivity (Wildman–Crippen MR) is 117 cm³/mol. The normalized spacial score (nSPS) is 34.4. The van der Waals surface area contributed by atoms with E-state index in [4.69, 9.17) is 4.74 Å². The molecule has 3 aliphatic rings. The minimum atomic E-state index is -0.726. The van der Waals surface area contributed by atoms with Gasteiger partial charge in [-0.3, -0.25) is 0 Å². The highest BCUT2D eigenvalue weighted by atomic mass is 16.5. The van der Waals surface area contributed by atoms with E-state index in [9.17, 15) is 10.4 Å². The summed E-state index contributed by atoms with van der Waals surface area (Å²) in [6.45, 7) is 2.33. The number of hydrogen-bond donors (Lipinski definition) is 1. The van der Waals surface area contributed by atoms with E-state index in [0.29, 0.717) is 29.7 Å². The second-order valence-corrected chi connectivity index (χ2v) is 9.95. The molecule has 1 N–H and O–H groups in total. The van der Waals surface area contributed by atoms with Crippen LogP contribution in [-0.4, -0.2) is 17.8 Å². The molecule has 3 aliphatic carbocycles. The van der Waals surface area contributed by atoms with Crippen LogP contribution in [0.15, 0.2) is 42.5 Å². The summed E-state index contributed by atoms with van der Waals surface area (Å²) >= 11 is 0. The van der Waals surface area contributed by atoms with Crippen molar-refractivity contribution in [2.24, 2.45) is 17.3 Å². The van der Waals surface area contributed by atoms with Crippen LogP contribution in [0.5, 0.6) is 5.75 Å². The van der Waals surface area contributed by atoms with E-state index < -0.39 is 5.60 Å². The third-order valence-corrected chi connectivity index (χ3v) is 8.88. The van der Waals surface area contributed by atoms with Crippen molar-refractivity contribution < 1.29 is 9.84 Å². The maximum atomic E-state index is 11.9. The molecule has 2 aromatic carbocycles. The largest absolute Gasteiger partial charge is 0.497 e. The molecule has 156 valence electrons. The van der Waals surface area contributed by atoms with Crippen LogP contribution in [0, 0.1) is 28.6 Å². The number of methoxy groups -OCH3 is 1. The second-order valence-electron chi connectivity index (χ2n) is 9.95. The van der Waals surface area contributed by atoms with Crippen LogP contribution in [0.2, 0.25) is 0 Å². The van der Waals surface area contributed by atoms with Gasteiger partial charge >= 0.3 is 0 Å². The van der Waals surface area contributed by atoms with Gasteiger partial charge in [0, 0.05) is 6.42 Å². The fraction of sp³-hybridized carbons (Fsp3) is 0.519. The number of nitriles is 1. The Balaban J connectivity index is 1.44. The van der Waals surface area contributed by atoms with Crippen LogP contribution in [-0.2, 0) is 12.8 Å². The van der Waals surface area contributed by atoms with Gasteiger partial charge in [-0.15, -0.1) is 0 Å². The molecule has 2 saturated carbocycles. The van der Waals surface area contributed by atoms with Crippen molar-refractivity contribution in [1.82, 2.24) is 0 Å². The van der Waals surface area contributed by atoms with Gasteiger partial charge in [-0.2, -0.15) is 5.26 Å². The molecule has 3 heteroatoms. The minimum absolute atomic E-state index is 0.0826. The smallest absolute Gasteiger partial charge is 0.119 e. The fourth-order valence-corrected chi connectivity index (χ4v) is 7.18. The molecule has 30 heavy (non-hydrogen) atoms. The number of ether oxygens (including phenoxy) is 1. The van der Waals surface area contributed by atoms with Crippen molar-refractivity contribution in [2.75, 3.05) is 7.11 Å². The highest BCUT2D eigenvalue weighted by Crippen LogP contribution is 2.65. The van der Waals surface area contributed by atoms with Gasteiger partial charge in [-0.1, -0.05) is 31.2 Å². The Kier molecular flexibility index (Phi) is 4.67. The SMILES string of the molecule is COc1ccc2c(c1)CCC1C2CC[C@]2(C)C1CC[C@]2(O)Cc1ccccc1C#N. The Morgan fingerprint density at radius 1 is 1.13 bits per heavy atom. The highest BCUT2D eigenvalue weighted by Gasteiger charge is 2.61. The van der Waals surface area contributed by atoms with Gasteiger partial charge < -0.3 is 9.84 Å². The quantitative estimate of drug-likeness (QED) is 0.749. The zero-order chi connectivity index (χ0) is 20.9. The highest BCUT2D eigenvalue weighted by molar-refractivity contribution is 5.42. The van der Waals surface area contributed by atoms with Crippen molar-refractivity contribution in [2.45, 2.75) is 63.4 Å². The molecule has 3 unspecified atom stereocenters. The van der Waals surface area contributed by atoms with Crippen molar-refractivity contribution in [3.8, 4) is 11.8 Å². The summed E-state index contributed by atoms with van der Waals surface area (Å²) in [5, 5.41) is 21.5. The van der Waals surface area contributed by atoms with Gasteiger partial charge in [-0.05, 0) is 96.6 Å². The number of fused-ring (bicyclic) bond motifs is 5. The molecule has 0 bridgehead atoms. The van der Waals surface area contributed by atoms with E-state index in [0.717, 1.165) is 43.4 Å². The molecule has 5 atom stereocenters. The lowest BCUT2D eigenvalue weighted by atomic mass is 9.52. The molecular formula is C27H31NO2. The van der Waals surface area contributed by atoms with E-state index in [1.165, 1.54) is 17.5 Å². The summed E-state index contributed by atoms with van der Waals surface area (Å²) in [6.07, 6.45) is 7.02. The number of aryl methyl sites for hydroxylation is 1. The van der Waals surface area contributed by atoms with Gasteiger partial charge in [-0.25, -0.2) is 0 Å². The molecule has 3 nitrogen and oxygen atoms in total. The lowest BCUT2D eigenvalue weighted by Crippen LogP contribution is -2.52. The maximum Gasteiger partial charge on any atom is 0.119 e. The van der Waals surface area contributed by atoms with Gasteiger partial charge in [0.1, 0.15) is 5.75 Å². The lowest BCUT2D eigenvalue weighted by Gasteiger charge is -2.53. The fourth-order valence-electron chi connectivity index (χ4n) is 7.18. The summed E-state index contributed by atoms with van der Waals surface area (Å²) in [5.74, 6) is 2.75. The number of aliphatic hydroxyl groups is 1. The first kappa shape index (κ1) is 19.6. The summed E-state index contributed by atoms with van der Waals surface area (Å²) < 4.78 is 5.45. The number of rotatable bonds is 3. The monoisotopic (exact) mass is 401 g/mol. The van der Waals surface area contributed by atoms with Crippen LogP contribution in [0.3, 0.4) is 0 Å². The van der Waals surface area contributed by atoms with Crippen molar-refractivity contribution in [3.05, 3.63) is 64.7 Å². The predicted octanol–water partition coefficient (Wildman–Crippen LogP) is 5.40. The molecule has 0 saturated heterocycles. The minimum Gasteiger partial charge on any atom is -0.497 e. The standard InChI is InChI=1S/C27H31NO2/c1-26-13-11-23-22-10-8-21(30-2)15-18(22)7-9-24(23)25(26)12-14-27(26,29)16-19-5-3-4-6-20(19)17-28/h3-6,8,10,15,23-25,29H,7,9,11-14,16H2,1-2H3/t23?,24?,25?,26-,27+/m1/s1. The topological polar surface area (TPSA) is 53.2 Å². The van der Waals surface area contributed by atoms with Crippen LogP contribution in [0.1, 0.15) is 67.2 Å². The first-order chi connectivity index (χ1) is 14.5. The molecular weight excluding hydrogens is 370 g/mol. The Morgan fingerprint density at radius 2 is 1.97 bits per heavy atom. The zero-order valence-corrected chi connectivity index (χ0v) is 18.0. The van der Waals surface area contributed by atoms with E-state index in [1.54, 1.807) is 7.11 Å². The molecule has 2 fully saturated rings. The first-order valence-electron chi connectivity index (χ1n) is 11.4. The van der Waals surface area contributed by atoms with E-state index in [1.807, 2.05) is 24.3 Å². The Morgan fingerprint density at radius 3 is 2.77 bits per heavy atom. The third-order valence-electron chi connectivity index (χ3n) is 8.88. The summed E-state index contributed by atoms with van der Waals surface area (Å²) in [6, 6.07) is 16.7. The van der Waals surface area contributed by atoms with Crippen molar-refractivity contribution in [3.63, 3.8) is 0 Å². The summed E-state index contributed by atoms with van der Waals surface area (Å²) in [4.78, 5) is 0. The Labute approximate surface area is 179 Å². The molecule has 0 amide bonds. The van der Waals surface area contributed by atoms with E-state index in [-0.39, 0.29) is 5.41 Å². The van der Waals surface area contributed by atoms with Gasteiger partial charge in [0.2, 0.25) is 0 Å². The number of hydrogen-bond acceptors (Lipinski definition) is 3. The number of nitrogens with zero attached hydrogens (tertiary/aromatic N) is 1. The molecule has 0 radical (unpaired) electrons. The molecule has 0 heterocycles. The van der Waals surface area contributed by atoms with E-state index in [2.05, 4.69) is 31.2 Å². The molecule has 0 aliphatic heterocycles. The number of benzene rings is 2. The average Bonchev–Trinajstić information content (AvgIpc) is 3.04. The third kappa shape index (κ3) is 2.81. The average molecular weight is 402 g/mol. The van der Waals surface area contributed by atoms with Crippen LogP contribution < -0.4 is 4.74 Å². The lowest BCUT2D eigenvalue weighted by molar-refractivity contribution is -0.102. The maximum absolute atomic E-state index is 11.9. The van der Waals surface area contributed by atoms with Crippen LogP contribution in [0.4, 0.5) is 0 Å². The molecule has 0 spiro atoms. The first-order valence-corrected chi connectivity index (χ1v) is 11.4. The Bertz CT molecular complexity index is 1010. The van der Waals surface area contributed by atoms with Gasteiger partial charge in [0.25, 0.3) is 0 Å². The molecule has 5 rings (SSSR count). The molecule has 2 aromatic rings. The van der Waals surface area contributed by atoms with Crippen LogP contribution in [0.25, 0.3) is 0 Å². The molecule has 0 aromatic heterocycles. The zero-order valence-electron chi connectivity index (χ0n) is 18.0. The van der Waals surface area contributed by atoms with Crippen molar-refractivity contribution in [1.29, 1.82) is 5.26 Å². The van der Waals surface area contributed by atoms with Gasteiger partial charge in [0.05, 0.1) is 24.3 Å². The summed E-state index contributed by atoms with van der Waals surface area (Å²) in [5.41, 5.74) is 3.85. The van der Waals surface area contributed by atoms with Gasteiger partial charge in [0.15, 0.2) is 0 Å². The Hall–Kier alpha value is -2.31. The van der Waals surface area contributed by atoms with Crippen LogP contribution >= 0.6 is 0 Å².